The zero-order valence-electron chi connectivity index (χ0n) is 17.9. The van der Waals surface area contributed by atoms with E-state index >= 15 is 0 Å². The molecule has 1 N–H and O–H groups in total. The smallest absolute Gasteiger partial charge is 0.329 e. The first kappa shape index (κ1) is 21.3. The van der Waals surface area contributed by atoms with Gasteiger partial charge in [-0.05, 0) is 36.6 Å². The van der Waals surface area contributed by atoms with Gasteiger partial charge in [-0.25, -0.2) is 9.78 Å². The molecule has 0 bridgehead atoms. The number of aromatic nitrogens is 3. The van der Waals surface area contributed by atoms with Crippen molar-refractivity contribution < 1.29 is 9.53 Å². The fourth-order valence-electron chi connectivity index (χ4n) is 3.33. The Hall–Kier alpha value is -3.42. The van der Waals surface area contributed by atoms with Crippen molar-refractivity contribution in [2.24, 2.45) is 0 Å². The number of benzene rings is 1. The predicted molar refractivity (Wildman–Crippen MR) is 115 cm³/mol. The normalized spacial score (nSPS) is 11.1. The van der Waals surface area contributed by atoms with Crippen LogP contribution in [0.3, 0.4) is 0 Å². The predicted octanol–water partition coefficient (Wildman–Crippen LogP) is 2.51. The van der Waals surface area contributed by atoms with Crippen LogP contribution in [0.25, 0.3) is 11.0 Å². The lowest BCUT2D eigenvalue weighted by atomic mass is 10.0. The Labute approximate surface area is 174 Å². The van der Waals surface area contributed by atoms with Crippen molar-refractivity contribution in [1.82, 2.24) is 19.4 Å². The summed E-state index contributed by atoms with van der Waals surface area (Å²) in [6.07, 6.45) is 0. The molecule has 0 spiro atoms. The maximum absolute atomic E-state index is 13.3. The first-order valence-corrected chi connectivity index (χ1v) is 9.83. The number of hydrogen-bond acceptors (Lipinski definition) is 5. The number of hydrogen-bond donors (Lipinski definition) is 1. The molecule has 30 heavy (non-hydrogen) atoms. The van der Waals surface area contributed by atoms with Gasteiger partial charge < -0.3 is 9.64 Å². The zero-order chi connectivity index (χ0) is 22.0. The van der Waals surface area contributed by atoms with E-state index in [0.717, 1.165) is 11.3 Å². The fraction of sp³-hybridized carbons (Fsp3) is 0.364. The number of amides is 1. The molecule has 0 aliphatic heterocycles. The van der Waals surface area contributed by atoms with Gasteiger partial charge in [0.25, 0.3) is 11.5 Å². The van der Waals surface area contributed by atoms with Crippen LogP contribution in [-0.4, -0.2) is 39.5 Å². The molecule has 1 amide bonds. The van der Waals surface area contributed by atoms with Crippen molar-refractivity contribution >= 4 is 16.9 Å². The Morgan fingerprint density at radius 3 is 2.47 bits per heavy atom. The molecule has 0 aliphatic rings. The molecule has 0 unspecified atom stereocenters. The van der Waals surface area contributed by atoms with E-state index in [0.29, 0.717) is 18.8 Å². The number of fused-ring (bicyclic) bond motifs is 1. The van der Waals surface area contributed by atoms with E-state index in [1.54, 1.807) is 32.0 Å². The van der Waals surface area contributed by atoms with Gasteiger partial charge >= 0.3 is 5.69 Å². The second-order valence-electron chi connectivity index (χ2n) is 7.46. The Morgan fingerprint density at radius 1 is 1.23 bits per heavy atom. The molecule has 8 heteroatoms. The van der Waals surface area contributed by atoms with Crippen LogP contribution in [0.2, 0.25) is 0 Å². The standard InChI is InChI=1S/C22H26N4O4/c1-6-26-19-18(20(27)24-22(26)29)16(11-17(23-19)13(2)3)21(28)25(4)12-14-7-9-15(30-5)10-8-14/h7-11,13H,6,12H2,1-5H3,(H,24,27,29). The fourth-order valence-corrected chi connectivity index (χ4v) is 3.33. The van der Waals surface area contributed by atoms with Gasteiger partial charge in [0.15, 0.2) is 5.65 Å². The Kier molecular flexibility index (Phi) is 6.05. The molecule has 2 heterocycles. The Balaban J connectivity index is 2.11. The molecular weight excluding hydrogens is 384 g/mol. The molecule has 0 aliphatic carbocycles. The summed E-state index contributed by atoms with van der Waals surface area (Å²) < 4.78 is 6.54. The van der Waals surface area contributed by atoms with Crippen LogP contribution >= 0.6 is 0 Å². The van der Waals surface area contributed by atoms with Crippen molar-refractivity contribution in [3.8, 4) is 5.75 Å². The minimum absolute atomic E-state index is 0.0209. The maximum atomic E-state index is 13.3. The monoisotopic (exact) mass is 410 g/mol. The highest BCUT2D eigenvalue weighted by atomic mass is 16.5. The average Bonchev–Trinajstić information content (AvgIpc) is 2.73. The van der Waals surface area contributed by atoms with Crippen LogP contribution in [-0.2, 0) is 13.1 Å². The highest BCUT2D eigenvalue weighted by Crippen LogP contribution is 2.21. The summed E-state index contributed by atoms with van der Waals surface area (Å²) in [5, 5.41) is 0.132. The topological polar surface area (TPSA) is 97.3 Å². The van der Waals surface area contributed by atoms with Crippen molar-refractivity contribution in [3.05, 3.63) is 68.0 Å². The number of aryl methyl sites for hydroxylation is 1. The number of rotatable bonds is 6. The first-order chi connectivity index (χ1) is 14.3. The van der Waals surface area contributed by atoms with Gasteiger partial charge in [-0.3, -0.25) is 19.1 Å². The van der Waals surface area contributed by atoms with E-state index in [9.17, 15) is 14.4 Å². The van der Waals surface area contributed by atoms with Crippen LogP contribution in [0, 0.1) is 0 Å². The van der Waals surface area contributed by atoms with Crippen LogP contribution in [0.1, 0.15) is 48.3 Å². The van der Waals surface area contributed by atoms with E-state index in [1.807, 2.05) is 38.1 Å². The van der Waals surface area contributed by atoms with Crippen molar-refractivity contribution in [3.63, 3.8) is 0 Å². The van der Waals surface area contributed by atoms with Crippen molar-refractivity contribution in [2.75, 3.05) is 14.2 Å². The zero-order valence-corrected chi connectivity index (χ0v) is 17.9. The highest BCUT2D eigenvalue weighted by molar-refractivity contribution is 6.05. The second-order valence-corrected chi connectivity index (χ2v) is 7.46. The SMILES string of the molecule is CCn1c(=O)[nH]c(=O)c2c(C(=O)N(C)Cc3ccc(OC)cc3)cc(C(C)C)nc21. The van der Waals surface area contributed by atoms with Crippen molar-refractivity contribution in [1.29, 1.82) is 0 Å². The van der Waals surface area contributed by atoms with Crippen LogP contribution in [0.15, 0.2) is 39.9 Å². The molecular formula is C22H26N4O4. The number of aromatic amines is 1. The lowest BCUT2D eigenvalue weighted by Gasteiger charge is -2.20. The quantitative estimate of drug-likeness (QED) is 0.673. The summed E-state index contributed by atoms with van der Waals surface area (Å²) in [4.78, 5) is 46.6. The lowest BCUT2D eigenvalue weighted by molar-refractivity contribution is 0.0786. The summed E-state index contributed by atoms with van der Waals surface area (Å²) in [6, 6.07) is 9.08. The van der Waals surface area contributed by atoms with Gasteiger partial charge in [0.05, 0.1) is 18.1 Å². The summed E-state index contributed by atoms with van der Waals surface area (Å²) in [7, 11) is 3.27. The summed E-state index contributed by atoms with van der Waals surface area (Å²) >= 11 is 0. The van der Waals surface area contributed by atoms with Crippen LogP contribution in [0.4, 0.5) is 0 Å². The number of carbonyl (C=O) groups excluding carboxylic acids is 1. The van der Waals surface area contributed by atoms with Crippen LogP contribution < -0.4 is 16.0 Å². The summed E-state index contributed by atoms with van der Waals surface area (Å²) in [5.74, 6) is 0.443. The first-order valence-electron chi connectivity index (χ1n) is 9.83. The number of nitrogens with zero attached hydrogens (tertiary/aromatic N) is 3. The van der Waals surface area contributed by atoms with Gasteiger partial charge in [-0.1, -0.05) is 26.0 Å². The molecule has 0 saturated heterocycles. The Morgan fingerprint density at radius 2 is 1.90 bits per heavy atom. The maximum Gasteiger partial charge on any atom is 0.329 e. The third kappa shape index (κ3) is 3.98. The van der Waals surface area contributed by atoms with Gasteiger partial charge in [-0.2, -0.15) is 0 Å². The van der Waals surface area contributed by atoms with Crippen molar-refractivity contribution in [2.45, 2.75) is 39.8 Å². The van der Waals surface area contributed by atoms with Crippen LogP contribution in [0.5, 0.6) is 5.75 Å². The number of methoxy groups -OCH3 is 1. The van der Waals surface area contributed by atoms with E-state index < -0.39 is 11.2 Å². The molecule has 0 atom stereocenters. The average molecular weight is 410 g/mol. The second kappa shape index (κ2) is 8.52. The minimum Gasteiger partial charge on any atom is -0.497 e. The van der Waals surface area contributed by atoms with E-state index in [4.69, 9.17) is 4.74 Å². The molecule has 3 rings (SSSR count). The van der Waals surface area contributed by atoms with E-state index in [-0.39, 0.29) is 28.4 Å². The number of carbonyl (C=O) groups is 1. The van der Waals surface area contributed by atoms with Gasteiger partial charge in [0.1, 0.15) is 5.75 Å². The van der Waals surface area contributed by atoms with E-state index in [2.05, 4.69) is 9.97 Å². The van der Waals surface area contributed by atoms with Gasteiger partial charge in [-0.15, -0.1) is 0 Å². The molecule has 0 fully saturated rings. The summed E-state index contributed by atoms with van der Waals surface area (Å²) in [6.45, 7) is 6.38. The lowest BCUT2D eigenvalue weighted by Crippen LogP contribution is -2.33. The Bertz CT molecular complexity index is 1190. The molecule has 3 aromatic rings. The third-order valence-electron chi connectivity index (χ3n) is 5.03. The molecule has 0 radical (unpaired) electrons. The minimum atomic E-state index is -0.608. The molecule has 1 aromatic carbocycles. The highest BCUT2D eigenvalue weighted by Gasteiger charge is 2.22. The van der Waals surface area contributed by atoms with E-state index in [1.165, 1.54) is 4.57 Å². The number of pyridine rings is 1. The van der Waals surface area contributed by atoms with Gasteiger partial charge in [0.2, 0.25) is 0 Å². The molecule has 2 aromatic heterocycles. The number of H-pyrrole nitrogens is 1. The number of ether oxygens (including phenoxy) is 1. The molecule has 158 valence electrons. The summed E-state index contributed by atoms with van der Waals surface area (Å²) in [5.41, 5.74) is 0.906. The molecule has 0 saturated carbocycles. The number of nitrogens with one attached hydrogen (secondary N) is 1. The largest absolute Gasteiger partial charge is 0.497 e. The molecule has 8 nitrogen and oxygen atoms in total. The van der Waals surface area contributed by atoms with Gasteiger partial charge in [0, 0.05) is 25.8 Å². The third-order valence-corrected chi connectivity index (χ3v) is 5.03.